The van der Waals surface area contributed by atoms with Crippen LogP contribution in [0.4, 0.5) is 5.95 Å². The van der Waals surface area contributed by atoms with Crippen LogP contribution in [-0.2, 0) is 6.54 Å². The van der Waals surface area contributed by atoms with Gasteiger partial charge in [0.05, 0.1) is 28.8 Å². The van der Waals surface area contributed by atoms with Gasteiger partial charge in [0.15, 0.2) is 0 Å². The SMILES string of the molecule is O=C(O)c1ccccc1.[CH2-]n1nc(-c2cccc(Cn3c(N)nc4ccccc43)c2)c(C)cc1=O.[Li+]. The van der Waals surface area contributed by atoms with E-state index in [-0.39, 0.29) is 24.4 Å². The number of aromatic nitrogens is 4. The third-order valence-corrected chi connectivity index (χ3v) is 5.43. The van der Waals surface area contributed by atoms with Gasteiger partial charge in [0, 0.05) is 5.56 Å². The molecule has 5 rings (SSSR count). The number of hydrogen-bond acceptors (Lipinski definition) is 5. The first-order valence-electron chi connectivity index (χ1n) is 10.8. The summed E-state index contributed by atoms with van der Waals surface area (Å²) in [6, 6.07) is 25.7. The number of aryl methyl sites for hydroxylation is 1. The number of carboxylic acids is 1. The molecule has 2 aromatic heterocycles. The summed E-state index contributed by atoms with van der Waals surface area (Å²) in [7, 11) is 3.64. The summed E-state index contributed by atoms with van der Waals surface area (Å²) in [6.07, 6.45) is 0. The van der Waals surface area contributed by atoms with Crippen LogP contribution >= 0.6 is 0 Å². The molecule has 0 amide bonds. The minimum absolute atomic E-state index is 0. The van der Waals surface area contributed by atoms with Crippen LogP contribution in [0.25, 0.3) is 22.3 Å². The van der Waals surface area contributed by atoms with E-state index >= 15 is 0 Å². The molecule has 8 nitrogen and oxygen atoms in total. The molecule has 0 bridgehead atoms. The fourth-order valence-corrected chi connectivity index (χ4v) is 3.70. The molecule has 0 radical (unpaired) electrons. The van der Waals surface area contributed by atoms with Gasteiger partial charge >= 0.3 is 24.8 Å². The maximum absolute atomic E-state index is 11.7. The zero-order valence-corrected chi connectivity index (χ0v) is 20.1. The van der Waals surface area contributed by atoms with Crippen molar-refractivity contribution in [3.05, 3.63) is 119 Å². The maximum atomic E-state index is 11.7. The van der Waals surface area contributed by atoms with Gasteiger partial charge in [0.1, 0.15) is 5.56 Å². The summed E-state index contributed by atoms with van der Waals surface area (Å²) in [5.74, 6) is -0.396. The van der Waals surface area contributed by atoms with Crippen molar-refractivity contribution in [3.63, 3.8) is 0 Å². The predicted molar refractivity (Wildman–Crippen MR) is 136 cm³/mol. The van der Waals surface area contributed by atoms with Crippen molar-refractivity contribution in [2.24, 2.45) is 0 Å². The molecule has 0 fully saturated rings. The smallest absolute Gasteiger partial charge is 0.478 e. The number of rotatable bonds is 4. The largest absolute Gasteiger partial charge is 1.00 e. The quantitative estimate of drug-likeness (QED) is 0.300. The average molecular weight is 473 g/mol. The third kappa shape index (κ3) is 5.86. The molecule has 3 N–H and O–H groups in total. The zero-order valence-electron chi connectivity index (χ0n) is 20.1. The Kier molecular flexibility index (Phi) is 8.38. The molecular weight excluding hydrogens is 449 g/mol. The molecule has 3 aromatic carbocycles. The fourth-order valence-electron chi connectivity index (χ4n) is 3.70. The van der Waals surface area contributed by atoms with Crippen LogP contribution in [0.15, 0.2) is 89.7 Å². The van der Waals surface area contributed by atoms with E-state index in [1.807, 2.05) is 60.0 Å². The molecule has 0 saturated heterocycles. The number of nitrogens with zero attached hydrogens (tertiary/aromatic N) is 4. The molecule has 0 spiro atoms. The van der Waals surface area contributed by atoms with Crippen molar-refractivity contribution >= 4 is 23.0 Å². The second-order valence-corrected chi connectivity index (χ2v) is 7.93. The zero-order chi connectivity index (χ0) is 24.9. The normalized spacial score (nSPS) is 10.2. The standard InChI is InChI=1S/C20H18N5O.C7H6O2.Li/c1-13-10-18(26)24(2)23-19(13)15-7-5-6-14(11-15)12-25-17-9-4-3-8-16(17)22-20(25)21;8-7(9)6-4-2-1-3-5-6;/h3-11H,2,12H2,1H3,(H2,21,22);1-5H,(H,8,9);/q-1;;+1. The number of hydrogen-bond donors (Lipinski definition) is 2. The van der Waals surface area contributed by atoms with E-state index in [1.54, 1.807) is 36.4 Å². The molecule has 2 heterocycles. The number of nitrogens with two attached hydrogens (primary N) is 1. The van der Waals surface area contributed by atoms with Crippen molar-refractivity contribution in [2.45, 2.75) is 13.5 Å². The van der Waals surface area contributed by atoms with E-state index in [0.29, 0.717) is 18.1 Å². The first-order valence-corrected chi connectivity index (χ1v) is 10.8. The molecule has 0 aliphatic carbocycles. The first-order chi connectivity index (χ1) is 16.8. The van der Waals surface area contributed by atoms with Crippen molar-refractivity contribution in [2.75, 3.05) is 5.73 Å². The summed E-state index contributed by atoms with van der Waals surface area (Å²) in [4.78, 5) is 26.3. The van der Waals surface area contributed by atoms with Crippen LogP contribution in [0.2, 0.25) is 0 Å². The maximum Gasteiger partial charge on any atom is 1.00 e. The molecule has 9 heteroatoms. The summed E-state index contributed by atoms with van der Waals surface area (Å²) in [6.45, 7) is 2.47. The van der Waals surface area contributed by atoms with E-state index in [4.69, 9.17) is 10.8 Å². The van der Waals surface area contributed by atoms with Gasteiger partial charge in [-0.3, -0.25) is 0 Å². The Balaban J connectivity index is 0.000000307. The number of anilines is 1. The number of aromatic carboxylic acids is 1. The van der Waals surface area contributed by atoms with Gasteiger partial charge in [-0.05, 0) is 48.4 Å². The van der Waals surface area contributed by atoms with Crippen LogP contribution in [0.1, 0.15) is 21.5 Å². The van der Waals surface area contributed by atoms with Gasteiger partial charge in [0.25, 0.3) is 0 Å². The Bertz CT molecular complexity index is 1560. The van der Waals surface area contributed by atoms with E-state index < -0.39 is 5.97 Å². The number of nitrogen functional groups attached to an aromatic ring is 1. The monoisotopic (exact) mass is 473 g/mol. The van der Waals surface area contributed by atoms with Crippen molar-refractivity contribution in [1.82, 2.24) is 19.3 Å². The van der Waals surface area contributed by atoms with E-state index in [0.717, 1.165) is 38.1 Å². The molecule has 0 aliphatic rings. The number of carbonyl (C=O) groups is 1. The van der Waals surface area contributed by atoms with Gasteiger partial charge in [0.2, 0.25) is 5.95 Å². The number of fused-ring (bicyclic) bond motifs is 1. The van der Waals surface area contributed by atoms with Crippen LogP contribution in [0.3, 0.4) is 0 Å². The molecule has 176 valence electrons. The van der Waals surface area contributed by atoms with Gasteiger partial charge in [-0.1, -0.05) is 54.6 Å². The summed E-state index contributed by atoms with van der Waals surface area (Å²) in [5, 5.41) is 12.7. The minimum atomic E-state index is -0.879. The van der Waals surface area contributed by atoms with Crippen LogP contribution in [-0.4, -0.2) is 30.4 Å². The fraction of sp³-hybridized carbons (Fsp3) is 0.0741. The second kappa shape index (κ2) is 11.4. The molecule has 0 aliphatic heterocycles. The van der Waals surface area contributed by atoms with Gasteiger partial charge in [-0.25, -0.2) is 14.9 Å². The van der Waals surface area contributed by atoms with E-state index in [9.17, 15) is 9.59 Å². The number of carboxylic acid groups (broad SMARTS) is 1. The van der Waals surface area contributed by atoms with Crippen LogP contribution in [0.5, 0.6) is 0 Å². The van der Waals surface area contributed by atoms with Crippen molar-refractivity contribution < 1.29 is 28.8 Å². The Morgan fingerprint density at radius 2 is 1.69 bits per heavy atom. The number of imidazole rings is 1. The average Bonchev–Trinajstić information content (AvgIpc) is 3.17. The molecule has 5 aromatic rings. The topological polar surface area (TPSA) is 116 Å². The van der Waals surface area contributed by atoms with E-state index in [2.05, 4.69) is 17.1 Å². The van der Waals surface area contributed by atoms with Crippen LogP contribution < -0.4 is 30.2 Å². The molecule has 36 heavy (non-hydrogen) atoms. The Morgan fingerprint density at radius 1 is 1.00 bits per heavy atom. The summed E-state index contributed by atoms with van der Waals surface area (Å²) in [5.41, 5.74) is 11.6. The third-order valence-electron chi connectivity index (χ3n) is 5.43. The summed E-state index contributed by atoms with van der Waals surface area (Å²) < 4.78 is 3.09. The number of para-hydroxylation sites is 2. The van der Waals surface area contributed by atoms with Gasteiger partial charge in [-0.15, -0.1) is 0 Å². The first kappa shape index (κ1) is 26.4. The predicted octanol–water partition coefficient (Wildman–Crippen LogP) is 1.23. The van der Waals surface area contributed by atoms with Gasteiger partial charge in [-0.2, -0.15) is 7.05 Å². The van der Waals surface area contributed by atoms with Crippen molar-refractivity contribution in [3.8, 4) is 11.3 Å². The van der Waals surface area contributed by atoms with Crippen molar-refractivity contribution in [1.29, 1.82) is 0 Å². The Hall–Kier alpha value is -4.25. The van der Waals surface area contributed by atoms with Gasteiger partial charge < -0.3 is 24.9 Å². The summed E-state index contributed by atoms with van der Waals surface area (Å²) >= 11 is 0. The Labute approximate surface area is 220 Å². The molecule has 0 saturated carbocycles. The van der Waals surface area contributed by atoms with E-state index in [1.165, 1.54) is 0 Å². The molecule has 0 atom stereocenters. The Morgan fingerprint density at radius 3 is 2.39 bits per heavy atom. The number of benzene rings is 3. The minimum Gasteiger partial charge on any atom is -0.478 e. The van der Waals surface area contributed by atoms with Crippen LogP contribution in [0, 0.1) is 14.0 Å². The molecule has 0 unspecified atom stereocenters. The molecular formula is C27H24LiN5O3. The second-order valence-electron chi connectivity index (χ2n) is 7.93.